The molecule has 1 aromatic rings. The number of hydrogen-bond donors (Lipinski definition) is 1. The number of benzene rings is 1. The average molecular weight is 343 g/mol. The zero-order valence-corrected chi connectivity index (χ0v) is 14.7. The molecule has 2 aliphatic heterocycles. The van der Waals surface area contributed by atoms with Gasteiger partial charge in [0.1, 0.15) is 12.6 Å². The van der Waals surface area contributed by atoms with Crippen LogP contribution in [0, 0.1) is 0 Å². The fourth-order valence-corrected chi connectivity index (χ4v) is 3.49. The third-order valence-corrected chi connectivity index (χ3v) is 4.87. The Morgan fingerprint density at radius 2 is 1.96 bits per heavy atom. The number of piperazine rings is 1. The van der Waals surface area contributed by atoms with Gasteiger partial charge < -0.3 is 15.1 Å². The summed E-state index contributed by atoms with van der Waals surface area (Å²) in [5.74, 6) is -0.000553. The quantitative estimate of drug-likeness (QED) is 0.882. The molecule has 6 nitrogen and oxygen atoms in total. The predicted molar refractivity (Wildman–Crippen MR) is 93.8 cm³/mol. The van der Waals surface area contributed by atoms with E-state index in [2.05, 4.69) is 5.32 Å². The van der Waals surface area contributed by atoms with Gasteiger partial charge in [0.2, 0.25) is 11.8 Å². The zero-order valence-electron chi connectivity index (χ0n) is 14.7. The maximum atomic E-state index is 12.7. The van der Waals surface area contributed by atoms with E-state index in [0.717, 1.165) is 31.2 Å². The Labute approximate surface area is 148 Å². The van der Waals surface area contributed by atoms with Crippen LogP contribution in [0.2, 0.25) is 0 Å². The molecular formula is C19H25N3O3. The fraction of sp³-hybridized carbons (Fsp3) is 0.526. The number of fused-ring (bicyclic) bond motifs is 1. The lowest BCUT2D eigenvalue weighted by molar-refractivity contribution is -0.158. The molecule has 3 rings (SSSR count). The highest BCUT2D eigenvalue weighted by Gasteiger charge is 2.40. The van der Waals surface area contributed by atoms with Gasteiger partial charge in [-0.15, -0.1) is 0 Å². The largest absolute Gasteiger partial charge is 0.352 e. The van der Waals surface area contributed by atoms with Crippen molar-refractivity contribution < 1.29 is 14.4 Å². The Hall–Kier alpha value is -2.37. The van der Waals surface area contributed by atoms with E-state index in [0.29, 0.717) is 25.2 Å². The van der Waals surface area contributed by atoms with Gasteiger partial charge in [0, 0.05) is 25.2 Å². The molecule has 134 valence electrons. The first-order chi connectivity index (χ1) is 12.1. The first-order valence-corrected chi connectivity index (χ1v) is 9.05. The van der Waals surface area contributed by atoms with E-state index in [1.807, 2.05) is 19.1 Å². The van der Waals surface area contributed by atoms with Crippen LogP contribution in [-0.2, 0) is 16.1 Å². The third kappa shape index (κ3) is 3.83. The van der Waals surface area contributed by atoms with Gasteiger partial charge in [0.15, 0.2) is 0 Å². The van der Waals surface area contributed by atoms with Crippen molar-refractivity contribution in [3.8, 4) is 0 Å². The Kier molecular flexibility index (Phi) is 5.36. The number of carbonyl (C=O) groups excluding carboxylic acids is 3. The summed E-state index contributed by atoms with van der Waals surface area (Å²) in [5.41, 5.74) is 1.54. The molecule has 1 atom stereocenters. The van der Waals surface area contributed by atoms with E-state index >= 15 is 0 Å². The van der Waals surface area contributed by atoms with Crippen molar-refractivity contribution in [3.63, 3.8) is 0 Å². The Bertz CT molecular complexity index is 656. The molecular weight excluding hydrogens is 318 g/mol. The van der Waals surface area contributed by atoms with E-state index in [9.17, 15) is 14.4 Å². The van der Waals surface area contributed by atoms with Crippen molar-refractivity contribution in [2.75, 3.05) is 19.6 Å². The van der Waals surface area contributed by atoms with Gasteiger partial charge in [-0.05, 0) is 43.4 Å². The van der Waals surface area contributed by atoms with E-state index in [1.165, 1.54) is 0 Å². The lowest BCUT2D eigenvalue weighted by Gasteiger charge is -2.42. The molecule has 3 amide bonds. The van der Waals surface area contributed by atoms with E-state index < -0.39 is 0 Å². The van der Waals surface area contributed by atoms with Crippen molar-refractivity contribution in [1.29, 1.82) is 0 Å². The summed E-state index contributed by atoms with van der Waals surface area (Å²) in [6.45, 7) is 3.92. The number of piperidine rings is 1. The lowest BCUT2D eigenvalue weighted by atomic mass is 9.98. The van der Waals surface area contributed by atoms with Gasteiger partial charge in [-0.1, -0.05) is 19.1 Å². The highest BCUT2D eigenvalue weighted by molar-refractivity contribution is 5.95. The minimum absolute atomic E-state index is 0.0415. The molecule has 0 spiro atoms. The van der Waals surface area contributed by atoms with Gasteiger partial charge in [-0.25, -0.2) is 0 Å². The lowest BCUT2D eigenvalue weighted by Crippen LogP contribution is -2.60. The van der Waals surface area contributed by atoms with Crippen LogP contribution in [0.25, 0.3) is 0 Å². The minimum Gasteiger partial charge on any atom is -0.352 e. The van der Waals surface area contributed by atoms with E-state index in [4.69, 9.17) is 0 Å². The molecule has 2 saturated heterocycles. The van der Waals surface area contributed by atoms with Gasteiger partial charge in [0.05, 0.1) is 0 Å². The number of nitrogens with one attached hydrogen (secondary N) is 1. The number of carbonyl (C=O) groups is 3. The molecule has 0 aliphatic carbocycles. The van der Waals surface area contributed by atoms with Gasteiger partial charge >= 0.3 is 0 Å². The first kappa shape index (κ1) is 17.5. The van der Waals surface area contributed by atoms with E-state index in [1.54, 1.807) is 21.9 Å². The van der Waals surface area contributed by atoms with Crippen molar-refractivity contribution in [3.05, 3.63) is 35.4 Å². The Morgan fingerprint density at radius 1 is 1.20 bits per heavy atom. The monoisotopic (exact) mass is 343 g/mol. The van der Waals surface area contributed by atoms with Crippen molar-refractivity contribution in [2.24, 2.45) is 0 Å². The molecule has 25 heavy (non-hydrogen) atoms. The molecule has 2 fully saturated rings. The molecule has 2 heterocycles. The van der Waals surface area contributed by atoms with Crippen molar-refractivity contribution in [1.82, 2.24) is 15.1 Å². The first-order valence-electron chi connectivity index (χ1n) is 9.05. The molecule has 0 radical (unpaired) electrons. The molecule has 6 heteroatoms. The van der Waals surface area contributed by atoms with Crippen LogP contribution in [0.3, 0.4) is 0 Å². The van der Waals surface area contributed by atoms with Crippen molar-refractivity contribution in [2.45, 2.75) is 45.2 Å². The van der Waals surface area contributed by atoms with Crippen LogP contribution in [0.1, 0.15) is 48.5 Å². The van der Waals surface area contributed by atoms with Crippen LogP contribution < -0.4 is 5.32 Å². The fourth-order valence-electron chi connectivity index (χ4n) is 3.49. The summed E-state index contributed by atoms with van der Waals surface area (Å²) in [6, 6.07) is 6.96. The molecule has 1 N–H and O–H groups in total. The molecule has 2 aliphatic rings. The van der Waals surface area contributed by atoms with Gasteiger partial charge in [0.25, 0.3) is 5.91 Å². The maximum absolute atomic E-state index is 12.7. The Balaban J connectivity index is 1.64. The molecule has 0 unspecified atom stereocenters. The summed E-state index contributed by atoms with van der Waals surface area (Å²) in [5, 5.41) is 2.84. The molecule has 1 aromatic carbocycles. The number of amides is 3. The topological polar surface area (TPSA) is 69.7 Å². The molecule has 0 saturated carbocycles. The summed E-state index contributed by atoms with van der Waals surface area (Å²) in [4.78, 5) is 40.3. The Morgan fingerprint density at radius 3 is 2.68 bits per heavy atom. The van der Waals surface area contributed by atoms with Gasteiger partial charge in [-0.3, -0.25) is 14.4 Å². The molecule has 0 aromatic heterocycles. The smallest absolute Gasteiger partial charge is 0.251 e. The SMILES string of the molecule is CCCNC(=O)c1ccc(CN2CC(=O)N3CCCC[C@@H]3C2=O)cc1. The second-order valence-corrected chi connectivity index (χ2v) is 6.75. The second kappa shape index (κ2) is 7.68. The highest BCUT2D eigenvalue weighted by atomic mass is 16.2. The standard InChI is InChI=1S/C19H25N3O3/c1-2-10-20-18(24)15-8-6-14(7-9-15)12-21-13-17(23)22-11-4-3-5-16(22)19(21)25/h6-9,16H,2-5,10-13H2,1H3,(H,20,24)/t16-/m1/s1. The normalized spacial score (nSPS) is 20.4. The van der Waals surface area contributed by atoms with Crippen LogP contribution in [0.5, 0.6) is 0 Å². The number of rotatable bonds is 5. The predicted octanol–water partition coefficient (Wildman–Crippen LogP) is 1.55. The zero-order chi connectivity index (χ0) is 17.8. The van der Waals surface area contributed by atoms with Crippen molar-refractivity contribution >= 4 is 17.7 Å². The highest BCUT2D eigenvalue weighted by Crippen LogP contribution is 2.24. The number of hydrogen-bond acceptors (Lipinski definition) is 3. The summed E-state index contributed by atoms with van der Waals surface area (Å²) >= 11 is 0. The summed E-state index contributed by atoms with van der Waals surface area (Å²) in [7, 11) is 0. The second-order valence-electron chi connectivity index (χ2n) is 6.75. The van der Waals surface area contributed by atoms with E-state index in [-0.39, 0.29) is 30.3 Å². The number of nitrogens with zero attached hydrogens (tertiary/aromatic N) is 2. The summed E-state index contributed by atoms with van der Waals surface area (Å²) < 4.78 is 0. The van der Waals surface area contributed by atoms with Crippen LogP contribution in [0.4, 0.5) is 0 Å². The summed E-state index contributed by atoms with van der Waals surface area (Å²) in [6.07, 6.45) is 3.64. The van der Waals surface area contributed by atoms with Crippen LogP contribution in [-0.4, -0.2) is 53.2 Å². The third-order valence-electron chi connectivity index (χ3n) is 4.87. The van der Waals surface area contributed by atoms with Gasteiger partial charge in [-0.2, -0.15) is 0 Å². The minimum atomic E-state index is -0.283. The van der Waals surface area contributed by atoms with Crippen LogP contribution >= 0.6 is 0 Å². The average Bonchev–Trinajstić information content (AvgIpc) is 2.64. The molecule has 0 bridgehead atoms. The van der Waals surface area contributed by atoms with Crippen LogP contribution in [0.15, 0.2) is 24.3 Å². The maximum Gasteiger partial charge on any atom is 0.251 e.